The van der Waals surface area contributed by atoms with Crippen LogP contribution in [0.25, 0.3) is 6.08 Å². The highest BCUT2D eigenvalue weighted by molar-refractivity contribution is 5.63. The second-order valence-corrected chi connectivity index (χ2v) is 3.10. The fraction of sp³-hybridized carbons (Fsp3) is 0.333. The maximum atomic E-state index is 5.77. The van der Waals surface area contributed by atoms with Crippen molar-refractivity contribution in [2.75, 3.05) is 32.7 Å². The van der Waals surface area contributed by atoms with Crippen LogP contribution in [0.3, 0.4) is 0 Å². The number of nitrogens with two attached hydrogens (primary N) is 1. The molecule has 0 heterocycles. The number of benzene rings is 1. The minimum Gasteiger partial charge on any atom is -0.398 e. The first kappa shape index (κ1) is 11.8. The predicted octanol–water partition coefficient (Wildman–Crippen LogP) is 1.94. The first-order valence-corrected chi connectivity index (χ1v) is 4.92. The van der Waals surface area contributed by atoms with Crippen LogP contribution in [-0.4, -0.2) is 26.9 Å². The second kappa shape index (κ2) is 7.04. The molecule has 0 fully saturated rings. The molecule has 0 amide bonds. The van der Waals surface area contributed by atoms with Gasteiger partial charge in [-0.3, -0.25) is 0 Å². The molecule has 0 saturated carbocycles. The molecule has 0 bridgehead atoms. The fourth-order valence-corrected chi connectivity index (χ4v) is 1.13. The summed E-state index contributed by atoms with van der Waals surface area (Å²) < 4.78 is 10.1. The monoisotopic (exact) mass is 207 g/mol. The molecular formula is C12H17NO2. The summed E-state index contributed by atoms with van der Waals surface area (Å²) in [5.74, 6) is 0. The van der Waals surface area contributed by atoms with E-state index < -0.39 is 0 Å². The molecule has 0 unspecified atom stereocenters. The third kappa shape index (κ3) is 4.63. The molecule has 1 aromatic rings. The van der Waals surface area contributed by atoms with Crippen LogP contribution >= 0.6 is 0 Å². The number of hydrogen-bond donors (Lipinski definition) is 1. The van der Waals surface area contributed by atoms with E-state index in [1.807, 2.05) is 36.4 Å². The highest BCUT2D eigenvalue weighted by atomic mass is 16.5. The molecule has 3 heteroatoms. The van der Waals surface area contributed by atoms with Crippen molar-refractivity contribution in [2.45, 2.75) is 0 Å². The molecule has 2 N–H and O–H groups in total. The van der Waals surface area contributed by atoms with Crippen molar-refractivity contribution < 1.29 is 9.47 Å². The Bertz CT molecular complexity index is 310. The molecule has 82 valence electrons. The van der Waals surface area contributed by atoms with Crippen molar-refractivity contribution in [1.82, 2.24) is 0 Å². The van der Waals surface area contributed by atoms with Crippen LogP contribution in [0.2, 0.25) is 0 Å². The molecule has 1 aromatic carbocycles. The van der Waals surface area contributed by atoms with Gasteiger partial charge in [-0.15, -0.1) is 0 Å². The fourth-order valence-electron chi connectivity index (χ4n) is 1.13. The lowest BCUT2D eigenvalue weighted by Gasteiger charge is -2.00. The zero-order chi connectivity index (χ0) is 10.9. The summed E-state index contributed by atoms with van der Waals surface area (Å²) in [5, 5.41) is 0. The molecule has 1 rings (SSSR count). The molecule has 0 spiro atoms. The van der Waals surface area contributed by atoms with Crippen LogP contribution in [0.15, 0.2) is 30.3 Å². The molecule has 0 aliphatic carbocycles. The van der Waals surface area contributed by atoms with E-state index in [2.05, 4.69) is 0 Å². The average molecular weight is 207 g/mol. The summed E-state index contributed by atoms with van der Waals surface area (Å²) in [6.07, 6.45) is 3.91. The standard InChI is InChI=1S/C12H17NO2/c1-14-9-10-15-8-4-6-11-5-2-3-7-12(11)13/h2-7H,8-10,13H2,1H3/b6-4-. The average Bonchev–Trinajstić information content (AvgIpc) is 2.25. The van der Waals surface area contributed by atoms with Crippen molar-refractivity contribution in [3.63, 3.8) is 0 Å². The third-order valence-electron chi connectivity index (χ3n) is 1.94. The number of methoxy groups -OCH3 is 1. The number of ether oxygens (including phenoxy) is 2. The van der Waals surface area contributed by atoms with E-state index in [4.69, 9.17) is 15.2 Å². The normalized spacial score (nSPS) is 11.0. The van der Waals surface area contributed by atoms with Gasteiger partial charge in [0.15, 0.2) is 0 Å². The zero-order valence-electron chi connectivity index (χ0n) is 8.98. The Hall–Kier alpha value is -1.32. The van der Waals surface area contributed by atoms with E-state index in [-0.39, 0.29) is 0 Å². The molecule has 0 saturated heterocycles. The number of hydrogen-bond acceptors (Lipinski definition) is 3. The molecule has 0 aliphatic rings. The lowest BCUT2D eigenvalue weighted by Crippen LogP contribution is -2.01. The summed E-state index contributed by atoms with van der Waals surface area (Å²) in [6.45, 7) is 1.82. The second-order valence-electron chi connectivity index (χ2n) is 3.10. The number of anilines is 1. The Balaban J connectivity index is 2.29. The Kier molecular flexibility index (Phi) is 5.51. The van der Waals surface area contributed by atoms with Gasteiger partial charge in [-0.2, -0.15) is 0 Å². The SMILES string of the molecule is COCCOC/C=C\c1ccccc1N. The van der Waals surface area contributed by atoms with E-state index >= 15 is 0 Å². The van der Waals surface area contributed by atoms with Gasteiger partial charge in [0.1, 0.15) is 0 Å². The Morgan fingerprint density at radius 2 is 2.07 bits per heavy atom. The van der Waals surface area contributed by atoms with Gasteiger partial charge in [-0.1, -0.05) is 30.4 Å². The van der Waals surface area contributed by atoms with Gasteiger partial charge in [0.25, 0.3) is 0 Å². The van der Waals surface area contributed by atoms with Crippen LogP contribution in [0.5, 0.6) is 0 Å². The molecule has 0 aliphatic heterocycles. The van der Waals surface area contributed by atoms with Gasteiger partial charge < -0.3 is 15.2 Å². The molecule has 0 radical (unpaired) electrons. The largest absolute Gasteiger partial charge is 0.398 e. The summed E-state index contributed by atoms with van der Waals surface area (Å²) in [6, 6.07) is 7.73. The van der Waals surface area contributed by atoms with Gasteiger partial charge in [-0.05, 0) is 11.6 Å². The molecule has 15 heavy (non-hydrogen) atoms. The zero-order valence-corrected chi connectivity index (χ0v) is 8.98. The minimum atomic E-state index is 0.581. The predicted molar refractivity (Wildman–Crippen MR) is 62.6 cm³/mol. The van der Waals surface area contributed by atoms with Gasteiger partial charge in [0.2, 0.25) is 0 Å². The van der Waals surface area contributed by atoms with Gasteiger partial charge in [0, 0.05) is 12.8 Å². The summed E-state index contributed by atoms with van der Waals surface area (Å²) in [7, 11) is 1.66. The van der Waals surface area contributed by atoms with E-state index in [1.165, 1.54) is 0 Å². The molecular weight excluding hydrogens is 190 g/mol. The molecule has 0 aromatic heterocycles. The van der Waals surface area contributed by atoms with Crippen molar-refractivity contribution in [3.8, 4) is 0 Å². The van der Waals surface area contributed by atoms with Crippen molar-refractivity contribution in [1.29, 1.82) is 0 Å². The summed E-state index contributed by atoms with van der Waals surface area (Å²) in [5.41, 5.74) is 7.58. The number of rotatable bonds is 6. The van der Waals surface area contributed by atoms with Crippen molar-refractivity contribution >= 4 is 11.8 Å². The molecule has 0 atom stereocenters. The third-order valence-corrected chi connectivity index (χ3v) is 1.94. The van der Waals surface area contributed by atoms with E-state index in [9.17, 15) is 0 Å². The van der Waals surface area contributed by atoms with E-state index in [1.54, 1.807) is 7.11 Å². The van der Waals surface area contributed by atoms with Crippen LogP contribution < -0.4 is 5.73 Å². The lowest BCUT2D eigenvalue weighted by atomic mass is 10.2. The van der Waals surface area contributed by atoms with E-state index in [0.29, 0.717) is 19.8 Å². The van der Waals surface area contributed by atoms with Crippen LogP contribution in [-0.2, 0) is 9.47 Å². The van der Waals surface area contributed by atoms with Crippen molar-refractivity contribution in [2.24, 2.45) is 0 Å². The first-order valence-electron chi connectivity index (χ1n) is 4.92. The summed E-state index contributed by atoms with van der Waals surface area (Å²) in [4.78, 5) is 0. The maximum absolute atomic E-state index is 5.77. The summed E-state index contributed by atoms with van der Waals surface area (Å²) >= 11 is 0. The Morgan fingerprint density at radius 1 is 1.27 bits per heavy atom. The van der Waals surface area contributed by atoms with E-state index in [0.717, 1.165) is 11.3 Å². The lowest BCUT2D eigenvalue weighted by molar-refractivity contribution is 0.0855. The minimum absolute atomic E-state index is 0.581. The smallest absolute Gasteiger partial charge is 0.0704 e. The Morgan fingerprint density at radius 3 is 2.80 bits per heavy atom. The van der Waals surface area contributed by atoms with Gasteiger partial charge in [0.05, 0.1) is 19.8 Å². The highest BCUT2D eigenvalue weighted by Crippen LogP contribution is 2.11. The quantitative estimate of drug-likeness (QED) is 0.572. The van der Waals surface area contributed by atoms with Gasteiger partial charge in [-0.25, -0.2) is 0 Å². The van der Waals surface area contributed by atoms with Crippen LogP contribution in [0, 0.1) is 0 Å². The maximum Gasteiger partial charge on any atom is 0.0704 e. The van der Waals surface area contributed by atoms with Crippen molar-refractivity contribution in [3.05, 3.63) is 35.9 Å². The Labute approximate surface area is 90.5 Å². The van der Waals surface area contributed by atoms with Gasteiger partial charge >= 0.3 is 0 Å². The van der Waals surface area contributed by atoms with Crippen LogP contribution in [0.1, 0.15) is 5.56 Å². The highest BCUT2D eigenvalue weighted by Gasteiger charge is 1.90. The number of para-hydroxylation sites is 1. The number of nitrogen functional groups attached to an aromatic ring is 1. The topological polar surface area (TPSA) is 44.5 Å². The van der Waals surface area contributed by atoms with Crippen LogP contribution in [0.4, 0.5) is 5.69 Å². The molecule has 3 nitrogen and oxygen atoms in total. The first-order chi connectivity index (χ1) is 7.34.